The Kier molecular flexibility index (Phi) is 7.59. The molecule has 4 aromatic rings. The van der Waals surface area contributed by atoms with Crippen LogP contribution in [0.3, 0.4) is 0 Å². The van der Waals surface area contributed by atoms with Crippen LogP contribution in [0.1, 0.15) is 57.1 Å². The van der Waals surface area contributed by atoms with Gasteiger partial charge in [0.2, 0.25) is 0 Å². The predicted octanol–water partition coefficient (Wildman–Crippen LogP) is 7.67. The van der Waals surface area contributed by atoms with Crippen LogP contribution in [0.15, 0.2) is 58.5 Å². The maximum absolute atomic E-state index is 14.2. The Morgan fingerprint density at radius 3 is 2.66 bits per heavy atom. The second kappa shape index (κ2) is 11.0. The van der Waals surface area contributed by atoms with Crippen molar-refractivity contribution in [3.05, 3.63) is 70.0 Å². The van der Waals surface area contributed by atoms with E-state index in [9.17, 15) is 4.79 Å². The van der Waals surface area contributed by atoms with Gasteiger partial charge in [0.1, 0.15) is 10.6 Å². The van der Waals surface area contributed by atoms with Crippen LogP contribution in [0.5, 0.6) is 5.75 Å². The molecule has 2 heterocycles. The molecule has 2 aromatic carbocycles. The van der Waals surface area contributed by atoms with Gasteiger partial charge in [-0.1, -0.05) is 80.8 Å². The molecule has 0 aliphatic heterocycles. The average Bonchev–Trinajstić information content (AvgIpc) is 3.26. The number of ether oxygens (including phenoxy) is 1. The first kappa shape index (κ1) is 24.1. The number of thiophene rings is 1. The first-order chi connectivity index (χ1) is 17.2. The number of nitrogens with zero attached hydrogens (tertiary/aromatic N) is 2. The fraction of sp³-hybridized carbons (Fsp3) is 0.379. The molecule has 0 unspecified atom stereocenters. The number of thioether (sulfide) groups is 1. The molecule has 0 N–H and O–H groups in total. The number of fused-ring (bicyclic) bond motifs is 5. The molecule has 6 heteroatoms. The van der Waals surface area contributed by atoms with E-state index < -0.39 is 0 Å². The van der Waals surface area contributed by atoms with Crippen LogP contribution >= 0.6 is 23.1 Å². The zero-order valence-electron chi connectivity index (χ0n) is 20.5. The van der Waals surface area contributed by atoms with Gasteiger partial charge in [-0.2, -0.15) is 0 Å². The number of rotatable bonds is 10. The number of aryl methyl sites for hydroxylation is 2. The van der Waals surface area contributed by atoms with E-state index in [0.717, 1.165) is 57.4 Å². The minimum absolute atomic E-state index is 0.0208. The molecule has 0 fully saturated rings. The summed E-state index contributed by atoms with van der Waals surface area (Å²) in [6.07, 6.45) is 7.96. The number of benzene rings is 2. The normalized spacial score (nSPS) is 12.5. The summed E-state index contributed by atoms with van der Waals surface area (Å²) in [6.45, 7) is 4.76. The fourth-order valence-electron chi connectivity index (χ4n) is 4.86. The zero-order valence-corrected chi connectivity index (χ0v) is 22.1. The lowest BCUT2D eigenvalue weighted by Gasteiger charge is -2.17. The Morgan fingerprint density at radius 2 is 1.80 bits per heavy atom. The Balaban J connectivity index is 1.63. The van der Waals surface area contributed by atoms with E-state index in [0.29, 0.717) is 6.61 Å². The molecule has 0 radical (unpaired) electrons. The van der Waals surface area contributed by atoms with Crippen molar-refractivity contribution in [2.75, 3.05) is 12.4 Å². The first-order valence-electron chi connectivity index (χ1n) is 12.7. The highest BCUT2D eigenvalue weighted by atomic mass is 32.2. The highest BCUT2D eigenvalue weighted by molar-refractivity contribution is 7.99. The van der Waals surface area contributed by atoms with Crippen molar-refractivity contribution in [3.8, 4) is 21.9 Å². The van der Waals surface area contributed by atoms with Gasteiger partial charge < -0.3 is 4.74 Å². The van der Waals surface area contributed by atoms with Crippen molar-refractivity contribution < 1.29 is 4.74 Å². The summed E-state index contributed by atoms with van der Waals surface area (Å²) in [4.78, 5) is 21.4. The third kappa shape index (κ3) is 4.78. The van der Waals surface area contributed by atoms with Gasteiger partial charge in [0.05, 0.1) is 17.7 Å². The van der Waals surface area contributed by atoms with E-state index in [1.807, 2.05) is 31.2 Å². The smallest absolute Gasteiger partial charge is 0.267 e. The van der Waals surface area contributed by atoms with Crippen LogP contribution in [0.25, 0.3) is 26.3 Å². The highest BCUT2D eigenvalue weighted by Crippen LogP contribution is 2.43. The first-order valence-corrected chi connectivity index (χ1v) is 14.5. The number of unbranched alkanes of at least 4 members (excludes halogenated alkanes) is 4. The van der Waals surface area contributed by atoms with Gasteiger partial charge in [0.25, 0.3) is 5.56 Å². The van der Waals surface area contributed by atoms with Crippen molar-refractivity contribution in [2.45, 2.75) is 63.9 Å². The summed E-state index contributed by atoms with van der Waals surface area (Å²) in [6, 6.07) is 16.4. The van der Waals surface area contributed by atoms with Gasteiger partial charge in [-0.05, 0) is 55.0 Å². The van der Waals surface area contributed by atoms with E-state index in [1.54, 1.807) is 27.7 Å². The van der Waals surface area contributed by atoms with Crippen LogP contribution < -0.4 is 10.3 Å². The zero-order chi connectivity index (χ0) is 24.2. The van der Waals surface area contributed by atoms with Crippen molar-refractivity contribution in [1.82, 2.24) is 9.55 Å². The molecule has 0 spiro atoms. The molecule has 0 saturated heterocycles. The standard InChI is InChI=1S/C29H32N2O2S2/c1-3-5-6-7-12-19-34-29-30-27-25(22-18-17-20-13-8-9-14-21(20)26(22)35-27)28(32)31(29)23-15-10-11-16-24(23)33-4-2/h8-11,13-16H,3-7,12,17-19H2,1-2H3. The van der Waals surface area contributed by atoms with Gasteiger partial charge in [0.15, 0.2) is 5.16 Å². The molecule has 4 nitrogen and oxygen atoms in total. The maximum Gasteiger partial charge on any atom is 0.267 e. The van der Waals surface area contributed by atoms with Crippen LogP contribution in [0.2, 0.25) is 0 Å². The van der Waals surface area contributed by atoms with Crippen molar-refractivity contribution >= 4 is 33.3 Å². The molecule has 1 aliphatic carbocycles. The van der Waals surface area contributed by atoms with Crippen LogP contribution in [0.4, 0.5) is 0 Å². The molecular weight excluding hydrogens is 472 g/mol. The number of hydrogen-bond acceptors (Lipinski definition) is 5. The largest absolute Gasteiger partial charge is 0.492 e. The van der Waals surface area contributed by atoms with E-state index in [1.165, 1.54) is 41.7 Å². The van der Waals surface area contributed by atoms with E-state index in [4.69, 9.17) is 9.72 Å². The van der Waals surface area contributed by atoms with Crippen molar-refractivity contribution in [1.29, 1.82) is 0 Å². The lowest BCUT2D eigenvalue weighted by molar-refractivity contribution is 0.338. The van der Waals surface area contributed by atoms with E-state index in [2.05, 4.69) is 31.2 Å². The van der Waals surface area contributed by atoms with Crippen LogP contribution in [-0.4, -0.2) is 21.9 Å². The quantitative estimate of drug-likeness (QED) is 0.126. The molecule has 0 amide bonds. The highest BCUT2D eigenvalue weighted by Gasteiger charge is 2.26. The molecule has 0 saturated carbocycles. The molecule has 35 heavy (non-hydrogen) atoms. The summed E-state index contributed by atoms with van der Waals surface area (Å²) < 4.78 is 7.73. The van der Waals surface area contributed by atoms with Crippen molar-refractivity contribution in [3.63, 3.8) is 0 Å². The van der Waals surface area contributed by atoms with Gasteiger partial charge in [-0.25, -0.2) is 4.98 Å². The molecule has 0 atom stereocenters. The van der Waals surface area contributed by atoms with Crippen LogP contribution in [-0.2, 0) is 12.8 Å². The molecule has 5 rings (SSSR count). The second-order valence-electron chi connectivity index (χ2n) is 8.95. The lowest BCUT2D eigenvalue weighted by atomic mass is 9.90. The SMILES string of the molecule is CCCCCCCSc1nc2sc3c(c2c(=O)n1-c1ccccc1OCC)CCc1ccccc1-3. The minimum atomic E-state index is 0.0208. The van der Waals surface area contributed by atoms with Gasteiger partial charge >= 0.3 is 0 Å². The van der Waals surface area contributed by atoms with Gasteiger partial charge in [-0.3, -0.25) is 9.36 Å². The third-order valence-corrected chi connectivity index (χ3v) is 8.77. The Hall–Kier alpha value is -2.57. The Labute approximate surface area is 215 Å². The average molecular weight is 505 g/mol. The van der Waals surface area contributed by atoms with Gasteiger partial charge in [-0.15, -0.1) is 11.3 Å². The molecule has 0 bridgehead atoms. The summed E-state index contributed by atoms with van der Waals surface area (Å²) in [5.41, 5.74) is 4.56. The molecule has 2 aromatic heterocycles. The topological polar surface area (TPSA) is 44.1 Å². The Morgan fingerprint density at radius 1 is 1.00 bits per heavy atom. The van der Waals surface area contributed by atoms with Gasteiger partial charge in [0, 0.05) is 10.6 Å². The lowest BCUT2D eigenvalue weighted by Crippen LogP contribution is -2.23. The third-order valence-electron chi connectivity index (χ3n) is 6.59. The molecular formula is C29H32N2O2S2. The monoisotopic (exact) mass is 504 g/mol. The predicted molar refractivity (Wildman–Crippen MR) is 149 cm³/mol. The molecule has 182 valence electrons. The molecule has 1 aliphatic rings. The fourth-order valence-corrected chi connectivity index (χ4v) is 7.19. The summed E-state index contributed by atoms with van der Waals surface area (Å²) in [7, 11) is 0. The maximum atomic E-state index is 14.2. The summed E-state index contributed by atoms with van der Waals surface area (Å²) in [5.74, 6) is 1.67. The second-order valence-corrected chi connectivity index (χ2v) is 11.0. The summed E-state index contributed by atoms with van der Waals surface area (Å²) >= 11 is 3.36. The summed E-state index contributed by atoms with van der Waals surface area (Å²) in [5, 5.41) is 1.54. The van der Waals surface area contributed by atoms with Crippen molar-refractivity contribution in [2.24, 2.45) is 0 Å². The number of hydrogen-bond donors (Lipinski definition) is 0. The number of aromatic nitrogens is 2. The van der Waals surface area contributed by atoms with Crippen LogP contribution in [0, 0.1) is 0 Å². The Bertz CT molecular complexity index is 1390. The van der Waals surface area contributed by atoms with E-state index >= 15 is 0 Å². The van der Waals surface area contributed by atoms with E-state index in [-0.39, 0.29) is 5.56 Å². The minimum Gasteiger partial charge on any atom is -0.492 e. The number of para-hydroxylation sites is 2.